The van der Waals surface area contributed by atoms with Gasteiger partial charge in [0, 0.05) is 25.3 Å². The normalized spacial score (nSPS) is 20.4. The van der Waals surface area contributed by atoms with E-state index in [1.807, 2.05) is 0 Å². The molecule has 0 radical (unpaired) electrons. The topological polar surface area (TPSA) is 48.3 Å². The summed E-state index contributed by atoms with van der Waals surface area (Å²) in [5, 5.41) is 0. The van der Waals surface area contributed by atoms with Crippen LogP contribution in [-0.2, 0) is 11.3 Å². The molecule has 0 bridgehead atoms. The molecular weight excluding hydrogens is 194 g/mol. The molecule has 1 aromatic heterocycles. The summed E-state index contributed by atoms with van der Waals surface area (Å²) in [4.78, 5) is 22.3. The van der Waals surface area contributed by atoms with Crippen molar-refractivity contribution in [3.8, 4) is 0 Å². The maximum Gasteiger partial charge on any atom is 0.261 e. The Bertz CT molecular complexity index is 405. The molecular formula is C11H13NO3. The molecule has 4 nitrogen and oxygen atoms in total. The van der Waals surface area contributed by atoms with Crippen molar-refractivity contribution in [2.45, 2.75) is 13.0 Å². The molecule has 15 heavy (non-hydrogen) atoms. The van der Waals surface area contributed by atoms with Crippen molar-refractivity contribution in [1.82, 2.24) is 4.57 Å². The van der Waals surface area contributed by atoms with E-state index in [1.54, 1.807) is 16.8 Å². The second-order valence-electron chi connectivity index (χ2n) is 3.77. The van der Waals surface area contributed by atoms with Crippen molar-refractivity contribution in [2.24, 2.45) is 5.92 Å². The lowest BCUT2D eigenvalue weighted by atomic mass is 10.1. The molecule has 4 heteroatoms. The summed E-state index contributed by atoms with van der Waals surface area (Å²) in [5.41, 5.74) is 0.0100. The van der Waals surface area contributed by atoms with Crippen LogP contribution in [0.1, 0.15) is 16.8 Å². The zero-order valence-corrected chi connectivity index (χ0v) is 8.39. The quantitative estimate of drug-likeness (QED) is 0.685. The number of nitrogens with zero attached hydrogens (tertiary/aromatic N) is 1. The zero-order valence-electron chi connectivity index (χ0n) is 8.39. The SMILES string of the molecule is O=Cc1cccn(CC2CCOC2)c1=O. The Labute approximate surface area is 87.5 Å². The third kappa shape index (κ3) is 2.15. The van der Waals surface area contributed by atoms with Crippen molar-refractivity contribution in [3.05, 3.63) is 34.2 Å². The van der Waals surface area contributed by atoms with E-state index in [4.69, 9.17) is 4.74 Å². The van der Waals surface area contributed by atoms with Crippen LogP contribution in [0.4, 0.5) is 0 Å². The number of carbonyl (C=O) groups is 1. The summed E-state index contributed by atoms with van der Waals surface area (Å²) in [6, 6.07) is 3.26. The Morgan fingerprint density at radius 1 is 1.60 bits per heavy atom. The maximum atomic E-state index is 11.7. The van der Waals surface area contributed by atoms with Gasteiger partial charge in [0.15, 0.2) is 6.29 Å². The van der Waals surface area contributed by atoms with Crippen LogP contribution in [0.2, 0.25) is 0 Å². The fourth-order valence-corrected chi connectivity index (χ4v) is 1.79. The molecule has 0 spiro atoms. The van der Waals surface area contributed by atoms with E-state index >= 15 is 0 Å². The molecule has 1 aliphatic heterocycles. The number of aromatic nitrogens is 1. The monoisotopic (exact) mass is 207 g/mol. The number of carbonyl (C=O) groups excluding carboxylic acids is 1. The molecule has 1 atom stereocenters. The second kappa shape index (κ2) is 4.40. The van der Waals surface area contributed by atoms with Crippen LogP contribution < -0.4 is 5.56 Å². The molecule has 2 rings (SSSR count). The average molecular weight is 207 g/mol. The number of hydrogen-bond acceptors (Lipinski definition) is 3. The summed E-state index contributed by atoms with van der Waals surface area (Å²) in [6.45, 7) is 2.12. The highest BCUT2D eigenvalue weighted by Gasteiger charge is 2.16. The molecule has 0 N–H and O–H groups in total. The van der Waals surface area contributed by atoms with Crippen molar-refractivity contribution in [1.29, 1.82) is 0 Å². The summed E-state index contributed by atoms with van der Waals surface area (Å²) in [6.07, 6.45) is 3.30. The highest BCUT2D eigenvalue weighted by Crippen LogP contribution is 2.13. The van der Waals surface area contributed by atoms with Crippen LogP contribution in [0.15, 0.2) is 23.1 Å². The van der Waals surface area contributed by atoms with Gasteiger partial charge < -0.3 is 9.30 Å². The molecule has 2 heterocycles. The van der Waals surface area contributed by atoms with Crippen LogP contribution >= 0.6 is 0 Å². The summed E-state index contributed by atoms with van der Waals surface area (Å²) >= 11 is 0. The van der Waals surface area contributed by atoms with Gasteiger partial charge in [-0.25, -0.2) is 0 Å². The third-order valence-electron chi connectivity index (χ3n) is 2.66. The number of ether oxygens (including phenoxy) is 1. The van der Waals surface area contributed by atoms with E-state index < -0.39 is 0 Å². The molecule has 0 aromatic carbocycles. The molecule has 1 unspecified atom stereocenters. The first-order valence-corrected chi connectivity index (χ1v) is 5.03. The van der Waals surface area contributed by atoms with Crippen molar-refractivity contribution in [3.63, 3.8) is 0 Å². The average Bonchev–Trinajstić information content (AvgIpc) is 2.74. The Morgan fingerprint density at radius 3 is 3.13 bits per heavy atom. The highest BCUT2D eigenvalue weighted by molar-refractivity contribution is 5.73. The zero-order chi connectivity index (χ0) is 10.7. The van der Waals surface area contributed by atoms with E-state index in [0.29, 0.717) is 25.4 Å². The Kier molecular flexibility index (Phi) is 2.97. The van der Waals surface area contributed by atoms with Crippen molar-refractivity contribution < 1.29 is 9.53 Å². The lowest BCUT2D eigenvalue weighted by Gasteiger charge is -2.10. The van der Waals surface area contributed by atoms with E-state index in [2.05, 4.69) is 0 Å². The molecule has 1 fully saturated rings. The van der Waals surface area contributed by atoms with E-state index in [9.17, 15) is 9.59 Å². The Balaban J connectivity index is 2.20. The number of aldehydes is 1. The highest BCUT2D eigenvalue weighted by atomic mass is 16.5. The van der Waals surface area contributed by atoms with Gasteiger partial charge in [-0.3, -0.25) is 9.59 Å². The Hall–Kier alpha value is -1.42. The number of pyridine rings is 1. The molecule has 1 aliphatic rings. The van der Waals surface area contributed by atoms with Gasteiger partial charge in [-0.15, -0.1) is 0 Å². The standard InChI is InChI=1S/C11H13NO3/c13-7-10-2-1-4-12(11(10)14)6-9-3-5-15-8-9/h1-2,4,7,9H,3,5-6,8H2. The number of hydrogen-bond donors (Lipinski definition) is 0. The van der Waals surface area contributed by atoms with E-state index in [0.717, 1.165) is 13.0 Å². The van der Waals surface area contributed by atoms with Crippen molar-refractivity contribution in [2.75, 3.05) is 13.2 Å². The molecule has 0 aliphatic carbocycles. The molecule has 0 saturated carbocycles. The largest absolute Gasteiger partial charge is 0.381 e. The fourth-order valence-electron chi connectivity index (χ4n) is 1.79. The summed E-state index contributed by atoms with van der Waals surface area (Å²) in [7, 11) is 0. The molecule has 1 saturated heterocycles. The fraction of sp³-hybridized carbons (Fsp3) is 0.455. The maximum absolute atomic E-state index is 11.7. The van der Waals surface area contributed by atoms with Gasteiger partial charge in [0.25, 0.3) is 5.56 Å². The summed E-state index contributed by atoms with van der Waals surface area (Å²) < 4.78 is 6.83. The second-order valence-corrected chi connectivity index (χ2v) is 3.77. The predicted octanol–water partition coefficient (Wildman–Crippen LogP) is 0.697. The van der Waals surface area contributed by atoms with E-state index in [-0.39, 0.29) is 11.1 Å². The van der Waals surface area contributed by atoms with Gasteiger partial charge in [0.1, 0.15) is 0 Å². The lowest BCUT2D eigenvalue weighted by molar-refractivity contribution is 0.112. The van der Waals surface area contributed by atoms with Crippen LogP contribution in [0.3, 0.4) is 0 Å². The van der Waals surface area contributed by atoms with Crippen LogP contribution in [-0.4, -0.2) is 24.1 Å². The van der Waals surface area contributed by atoms with Gasteiger partial charge in [0.05, 0.1) is 12.2 Å². The van der Waals surface area contributed by atoms with E-state index in [1.165, 1.54) is 6.07 Å². The molecule has 0 amide bonds. The Morgan fingerprint density at radius 2 is 2.47 bits per heavy atom. The molecule has 80 valence electrons. The smallest absolute Gasteiger partial charge is 0.261 e. The van der Waals surface area contributed by atoms with Gasteiger partial charge in [-0.1, -0.05) is 0 Å². The minimum Gasteiger partial charge on any atom is -0.381 e. The minimum atomic E-state index is -0.209. The first kappa shape index (κ1) is 10.1. The first-order chi connectivity index (χ1) is 7.31. The van der Waals surface area contributed by atoms with Gasteiger partial charge >= 0.3 is 0 Å². The minimum absolute atomic E-state index is 0.209. The van der Waals surface area contributed by atoms with Gasteiger partial charge in [-0.05, 0) is 18.6 Å². The first-order valence-electron chi connectivity index (χ1n) is 5.03. The van der Waals surface area contributed by atoms with Crippen LogP contribution in [0.25, 0.3) is 0 Å². The summed E-state index contributed by atoms with van der Waals surface area (Å²) in [5.74, 6) is 0.393. The van der Waals surface area contributed by atoms with Crippen LogP contribution in [0.5, 0.6) is 0 Å². The van der Waals surface area contributed by atoms with Gasteiger partial charge in [-0.2, -0.15) is 0 Å². The van der Waals surface area contributed by atoms with Gasteiger partial charge in [0.2, 0.25) is 0 Å². The number of rotatable bonds is 3. The third-order valence-corrected chi connectivity index (χ3v) is 2.66. The lowest BCUT2D eigenvalue weighted by Crippen LogP contribution is -2.26. The van der Waals surface area contributed by atoms with Crippen molar-refractivity contribution >= 4 is 6.29 Å². The van der Waals surface area contributed by atoms with Crippen LogP contribution in [0, 0.1) is 5.92 Å². The molecule has 1 aromatic rings. The predicted molar refractivity (Wildman–Crippen MR) is 55.0 cm³/mol.